The van der Waals surface area contributed by atoms with Gasteiger partial charge >= 0.3 is 0 Å². The first kappa shape index (κ1) is 21.1. The summed E-state index contributed by atoms with van der Waals surface area (Å²) >= 11 is 1.39. The minimum Gasteiger partial charge on any atom is -0.395 e. The number of carbonyl (C=O) groups is 1. The fourth-order valence-corrected chi connectivity index (χ4v) is 3.51. The van der Waals surface area contributed by atoms with E-state index in [1.54, 1.807) is 12.1 Å². The quantitative estimate of drug-likeness (QED) is 0.568. The lowest BCUT2D eigenvalue weighted by molar-refractivity contribution is 0.101. The molecule has 3 N–H and O–H groups in total. The number of halogens is 1. The molecule has 0 saturated carbocycles. The number of aliphatic hydroxyl groups excluding tert-OH is 1. The lowest BCUT2D eigenvalue weighted by Crippen LogP contribution is -2.26. The molecule has 1 aromatic carbocycles. The lowest BCUT2D eigenvalue weighted by Gasteiger charge is -2.20. The van der Waals surface area contributed by atoms with Crippen LogP contribution in [-0.4, -0.2) is 28.5 Å². The van der Waals surface area contributed by atoms with Crippen molar-refractivity contribution in [2.24, 2.45) is 5.73 Å². The van der Waals surface area contributed by atoms with Gasteiger partial charge in [-0.05, 0) is 24.1 Å². The molecule has 0 radical (unpaired) electrons. The zero-order valence-corrected chi connectivity index (χ0v) is 15.4. The number of aromatic nitrogens is 1. The van der Waals surface area contributed by atoms with Gasteiger partial charge in [0.1, 0.15) is 16.8 Å². The third-order valence-electron chi connectivity index (χ3n) is 3.52. The zero-order chi connectivity index (χ0) is 17.5. The number of carbonyl (C=O) groups excluding carboxylic acids is 1. The zero-order valence-electron chi connectivity index (χ0n) is 13.8. The van der Waals surface area contributed by atoms with Gasteiger partial charge in [-0.25, -0.2) is 4.98 Å². The lowest BCUT2D eigenvalue weighted by atomic mass is 10.1. The van der Waals surface area contributed by atoms with Crippen molar-refractivity contribution in [2.45, 2.75) is 29.7 Å². The molecular formula is C18H20ClN3O2S. The van der Waals surface area contributed by atoms with Crippen molar-refractivity contribution in [3.05, 3.63) is 59.3 Å². The Kier molecular flexibility index (Phi) is 8.59. The summed E-state index contributed by atoms with van der Waals surface area (Å²) in [6, 6.07) is 14.6. The Labute approximate surface area is 157 Å². The summed E-state index contributed by atoms with van der Waals surface area (Å²) in [5.74, 6) is -0.148. The van der Waals surface area contributed by atoms with Gasteiger partial charge in [0.05, 0.1) is 12.2 Å². The highest BCUT2D eigenvalue weighted by Crippen LogP contribution is 2.38. The first-order chi connectivity index (χ1) is 11.5. The van der Waals surface area contributed by atoms with Crippen LogP contribution in [0.25, 0.3) is 0 Å². The number of hydrogen-bond acceptors (Lipinski definition) is 6. The van der Waals surface area contributed by atoms with Gasteiger partial charge < -0.3 is 10.8 Å². The molecular weight excluding hydrogens is 358 g/mol. The van der Waals surface area contributed by atoms with Crippen LogP contribution in [0, 0.1) is 11.3 Å². The van der Waals surface area contributed by atoms with Crippen LogP contribution < -0.4 is 5.73 Å². The summed E-state index contributed by atoms with van der Waals surface area (Å²) in [4.78, 5) is 15.9. The third-order valence-corrected chi connectivity index (χ3v) is 4.80. The number of nitrogens with zero attached hydrogens (tertiary/aromatic N) is 2. The van der Waals surface area contributed by atoms with Crippen LogP contribution in [0.15, 0.2) is 47.5 Å². The molecule has 25 heavy (non-hydrogen) atoms. The Hall–Kier alpha value is -1.91. The van der Waals surface area contributed by atoms with Gasteiger partial charge in [0.15, 0.2) is 5.78 Å². The molecule has 0 aliphatic heterocycles. The Morgan fingerprint density at radius 1 is 1.32 bits per heavy atom. The topological polar surface area (TPSA) is 100 Å². The van der Waals surface area contributed by atoms with Crippen molar-refractivity contribution in [1.82, 2.24) is 4.98 Å². The second kappa shape index (κ2) is 10.2. The van der Waals surface area contributed by atoms with E-state index < -0.39 is 0 Å². The molecule has 2 aromatic rings. The number of aliphatic hydroxyl groups is 1. The predicted molar refractivity (Wildman–Crippen MR) is 101 cm³/mol. The molecule has 0 spiro atoms. The predicted octanol–water partition coefficient (Wildman–Crippen LogP) is 3.12. The molecule has 0 amide bonds. The fraction of sp³-hybridized carbons (Fsp3) is 0.278. The summed E-state index contributed by atoms with van der Waals surface area (Å²) in [6.07, 6.45) is 0.530. The highest BCUT2D eigenvalue weighted by molar-refractivity contribution is 7.99. The summed E-state index contributed by atoms with van der Waals surface area (Å²) < 4.78 is 0. The number of nitrogens with two attached hydrogens (primary N) is 1. The maximum atomic E-state index is 11.6. The smallest absolute Gasteiger partial charge is 0.178 e. The highest BCUT2D eigenvalue weighted by atomic mass is 35.5. The van der Waals surface area contributed by atoms with Crippen molar-refractivity contribution in [3.8, 4) is 6.07 Å². The van der Waals surface area contributed by atoms with E-state index >= 15 is 0 Å². The normalized spacial score (nSPS) is 12.6. The molecule has 0 saturated heterocycles. The summed E-state index contributed by atoms with van der Waals surface area (Å²) in [7, 11) is 0. The van der Waals surface area contributed by atoms with Gasteiger partial charge in [0, 0.05) is 18.2 Å². The van der Waals surface area contributed by atoms with Gasteiger partial charge in [0.25, 0.3) is 0 Å². The maximum Gasteiger partial charge on any atom is 0.178 e. The first-order valence-electron chi connectivity index (χ1n) is 7.55. The third kappa shape index (κ3) is 5.83. The average molecular weight is 378 g/mol. The van der Waals surface area contributed by atoms with Crippen LogP contribution in [-0.2, 0) is 0 Å². The van der Waals surface area contributed by atoms with Crippen LogP contribution in [0.4, 0.5) is 0 Å². The van der Waals surface area contributed by atoms with Gasteiger partial charge in [-0.15, -0.1) is 12.4 Å². The minimum absolute atomic E-state index is 0. The van der Waals surface area contributed by atoms with Crippen molar-refractivity contribution < 1.29 is 9.90 Å². The maximum absolute atomic E-state index is 11.6. The van der Waals surface area contributed by atoms with E-state index in [1.165, 1.54) is 18.7 Å². The molecule has 2 rings (SSSR count). The van der Waals surface area contributed by atoms with E-state index in [0.717, 1.165) is 5.56 Å². The average Bonchev–Trinajstić information content (AvgIpc) is 2.61. The second-order valence-corrected chi connectivity index (χ2v) is 6.60. The van der Waals surface area contributed by atoms with E-state index in [-0.39, 0.29) is 36.1 Å². The van der Waals surface area contributed by atoms with Crippen molar-refractivity contribution in [3.63, 3.8) is 0 Å². The number of rotatable bonds is 7. The van der Waals surface area contributed by atoms with E-state index in [2.05, 4.69) is 11.1 Å². The van der Waals surface area contributed by atoms with Crippen molar-refractivity contribution >= 4 is 30.0 Å². The number of pyridine rings is 1. The number of nitriles is 1. The molecule has 0 aliphatic rings. The van der Waals surface area contributed by atoms with Crippen LogP contribution in [0.1, 0.15) is 40.2 Å². The SMILES string of the molecule is CC(=O)c1ccc(C#N)c(S[C@H](C[C@H](N)CO)c2ccccc2)n1.Cl. The van der Waals surface area contributed by atoms with Crippen LogP contribution in [0.5, 0.6) is 0 Å². The molecule has 0 unspecified atom stereocenters. The van der Waals surface area contributed by atoms with Gasteiger partial charge in [-0.2, -0.15) is 5.26 Å². The molecule has 5 nitrogen and oxygen atoms in total. The first-order valence-corrected chi connectivity index (χ1v) is 8.43. The monoisotopic (exact) mass is 377 g/mol. The standard InChI is InChI=1S/C18H19N3O2S.ClH/c1-12(23)16-8-7-14(10-19)18(21-16)24-17(9-15(20)11-22)13-5-3-2-4-6-13;/h2-8,15,17,22H,9,11,20H2,1H3;1H/t15-,17+;/m0./s1. The van der Waals surface area contributed by atoms with Crippen LogP contribution in [0.2, 0.25) is 0 Å². The molecule has 1 heterocycles. The summed E-state index contributed by atoms with van der Waals surface area (Å²) in [5, 5.41) is 19.0. The molecule has 132 valence electrons. The molecule has 1 aromatic heterocycles. The number of benzene rings is 1. The Morgan fingerprint density at radius 2 is 2.00 bits per heavy atom. The largest absolute Gasteiger partial charge is 0.395 e. The van der Waals surface area contributed by atoms with Crippen LogP contribution in [0.3, 0.4) is 0 Å². The molecule has 2 atom stereocenters. The Balaban J connectivity index is 0.00000312. The number of ketones is 1. The minimum atomic E-state index is -0.371. The van der Waals surface area contributed by atoms with Crippen molar-refractivity contribution in [2.75, 3.05) is 6.61 Å². The number of thioether (sulfide) groups is 1. The Bertz CT molecular complexity index is 750. The molecule has 0 aliphatic carbocycles. The van der Waals surface area contributed by atoms with Crippen LogP contribution >= 0.6 is 24.2 Å². The summed E-state index contributed by atoms with van der Waals surface area (Å²) in [6.45, 7) is 1.33. The van der Waals surface area contributed by atoms with Gasteiger partial charge in [-0.3, -0.25) is 4.79 Å². The van der Waals surface area contributed by atoms with E-state index in [4.69, 9.17) is 5.73 Å². The van der Waals surface area contributed by atoms with E-state index in [1.807, 2.05) is 30.3 Å². The van der Waals surface area contributed by atoms with E-state index in [9.17, 15) is 15.2 Å². The molecule has 0 fully saturated rings. The Morgan fingerprint density at radius 3 is 2.56 bits per heavy atom. The van der Waals surface area contributed by atoms with Gasteiger partial charge in [-0.1, -0.05) is 42.1 Å². The van der Waals surface area contributed by atoms with Crippen molar-refractivity contribution in [1.29, 1.82) is 5.26 Å². The fourth-order valence-electron chi connectivity index (χ4n) is 2.22. The molecule has 7 heteroatoms. The molecule has 0 bridgehead atoms. The summed E-state index contributed by atoms with van der Waals surface area (Å²) in [5.41, 5.74) is 7.69. The number of hydrogen-bond donors (Lipinski definition) is 2. The van der Waals surface area contributed by atoms with Gasteiger partial charge in [0.2, 0.25) is 0 Å². The number of Topliss-reactive ketones (excluding diaryl/α,β-unsaturated/α-hetero) is 1. The second-order valence-electron chi connectivity index (χ2n) is 5.41. The van der Waals surface area contributed by atoms with E-state index in [0.29, 0.717) is 22.7 Å². The highest BCUT2D eigenvalue weighted by Gasteiger charge is 2.20.